The lowest BCUT2D eigenvalue weighted by atomic mass is 9.60. The third-order valence-corrected chi connectivity index (χ3v) is 16.0. The van der Waals surface area contributed by atoms with Crippen molar-refractivity contribution >= 4 is 101 Å². The second-order valence-electron chi connectivity index (χ2n) is 21.7. The number of anilines is 3. The Morgan fingerprint density at radius 1 is 0.476 bits per heavy atom. The number of nitrogens with one attached hydrogen (secondary N) is 1. The van der Waals surface area contributed by atoms with Crippen molar-refractivity contribution in [2.75, 3.05) is 4.90 Å². The molecular weight excluding hydrogens is 767 g/mol. The van der Waals surface area contributed by atoms with Gasteiger partial charge >= 0.3 is 0 Å². The Labute approximate surface area is 369 Å². The van der Waals surface area contributed by atoms with Gasteiger partial charge in [0.15, 0.2) is 0 Å². The topological polar surface area (TPSA) is 45.3 Å². The van der Waals surface area contributed by atoms with Crippen molar-refractivity contribution in [3.8, 4) is 11.1 Å². The Kier molecular flexibility index (Phi) is 7.29. The van der Waals surface area contributed by atoms with Crippen LogP contribution in [0.25, 0.3) is 76.6 Å². The van der Waals surface area contributed by atoms with Gasteiger partial charge in [0.25, 0.3) is 0 Å². The van der Waals surface area contributed by atoms with E-state index in [1.165, 1.54) is 50.2 Å². The molecule has 0 spiro atoms. The van der Waals surface area contributed by atoms with Gasteiger partial charge in [-0.3, -0.25) is 0 Å². The van der Waals surface area contributed by atoms with E-state index in [-0.39, 0.29) is 21.7 Å². The van der Waals surface area contributed by atoms with Gasteiger partial charge in [0.2, 0.25) is 7.28 Å². The molecule has 0 saturated carbocycles. The zero-order chi connectivity index (χ0) is 42.9. The van der Waals surface area contributed by atoms with Crippen LogP contribution in [-0.4, -0.2) is 12.3 Å². The lowest BCUT2D eigenvalue weighted by Gasteiger charge is -2.43. The molecule has 0 amide bonds. The minimum atomic E-state index is 0.0243. The van der Waals surface area contributed by atoms with Gasteiger partial charge in [-0.1, -0.05) is 134 Å². The normalized spacial score (nSPS) is 18.2. The summed E-state index contributed by atoms with van der Waals surface area (Å²) in [5.74, 6) is 0. The van der Waals surface area contributed by atoms with Gasteiger partial charge in [-0.25, -0.2) is 0 Å². The van der Waals surface area contributed by atoms with Crippen molar-refractivity contribution in [2.24, 2.45) is 0 Å². The Bertz CT molecular complexity index is 3630. The van der Waals surface area contributed by atoms with Crippen molar-refractivity contribution in [2.45, 2.75) is 103 Å². The lowest BCUT2D eigenvalue weighted by molar-refractivity contribution is 0.332. The number of benzene rings is 7. The summed E-state index contributed by atoms with van der Waals surface area (Å²) < 4.78 is 14.2. The summed E-state index contributed by atoms with van der Waals surface area (Å²) in [5, 5.41) is 8.27. The number of para-hydroxylation sites is 2. The van der Waals surface area contributed by atoms with Crippen molar-refractivity contribution in [1.82, 2.24) is 4.98 Å². The highest BCUT2D eigenvalue weighted by Crippen LogP contribution is 2.54. The van der Waals surface area contributed by atoms with Crippen LogP contribution >= 0.6 is 0 Å². The summed E-state index contributed by atoms with van der Waals surface area (Å²) in [5.41, 5.74) is 18.5. The van der Waals surface area contributed by atoms with Gasteiger partial charge in [0.1, 0.15) is 16.7 Å². The fourth-order valence-corrected chi connectivity index (χ4v) is 12.1. The number of aromatic amines is 1. The predicted octanol–water partition coefficient (Wildman–Crippen LogP) is 14.9. The molecule has 63 heavy (non-hydrogen) atoms. The number of hydrogen-bond donors (Lipinski definition) is 1. The number of furan rings is 2. The van der Waals surface area contributed by atoms with E-state index in [0.29, 0.717) is 0 Å². The summed E-state index contributed by atoms with van der Waals surface area (Å²) in [6, 6.07) is 43.0. The lowest BCUT2D eigenvalue weighted by Crippen LogP contribution is -2.40. The van der Waals surface area contributed by atoms with Gasteiger partial charge in [0.05, 0.1) is 33.5 Å². The van der Waals surface area contributed by atoms with Crippen LogP contribution in [0.5, 0.6) is 0 Å². The number of rotatable bonds is 2. The summed E-state index contributed by atoms with van der Waals surface area (Å²) >= 11 is 0. The van der Waals surface area contributed by atoms with Crippen molar-refractivity contribution in [3.63, 3.8) is 0 Å². The van der Waals surface area contributed by atoms with Crippen LogP contribution in [0, 0.1) is 0 Å². The predicted molar refractivity (Wildman–Crippen MR) is 266 cm³/mol. The van der Waals surface area contributed by atoms with Crippen LogP contribution in [-0.2, 0) is 21.7 Å². The molecule has 3 aromatic heterocycles. The molecule has 0 bridgehead atoms. The number of nitrogens with zero attached hydrogens (tertiary/aromatic N) is 1. The number of hydrogen-bond acceptors (Lipinski definition) is 3. The van der Waals surface area contributed by atoms with Crippen molar-refractivity contribution < 1.29 is 8.83 Å². The minimum absolute atomic E-state index is 0.0243. The Hall–Kier alpha value is -6.20. The SMILES string of the molecule is CC1(C)CCC(C)(C)c2cc(N3c4c(oc5cc6c(cc45)C(C)(C)CCC6(C)C)[B]c4c(-c5cccc6c5[nH]c5c7ccccc7ccc65)cc5oc6ccccc6c5c43)ccc21. The Morgan fingerprint density at radius 2 is 1.13 bits per heavy atom. The molecule has 0 fully saturated rings. The third kappa shape index (κ3) is 5.11. The largest absolute Gasteiger partial charge is 0.469 e. The highest BCUT2D eigenvalue weighted by atomic mass is 16.3. The number of fused-ring (bicyclic) bond motifs is 15. The van der Waals surface area contributed by atoms with E-state index in [1.54, 1.807) is 0 Å². The van der Waals surface area contributed by atoms with E-state index >= 15 is 0 Å². The van der Waals surface area contributed by atoms with Gasteiger partial charge < -0.3 is 18.7 Å². The molecule has 5 heteroatoms. The third-order valence-electron chi connectivity index (χ3n) is 16.0. The van der Waals surface area contributed by atoms with Crippen molar-refractivity contribution in [3.05, 3.63) is 138 Å². The zero-order valence-corrected chi connectivity index (χ0v) is 37.6. The second-order valence-corrected chi connectivity index (χ2v) is 21.7. The first kappa shape index (κ1) is 37.4. The van der Waals surface area contributed by atoms with Gasteiger partial charge in [0, 0.05) is 38.2 Å². The summed E-state index contributed by atoms with van der Waals surface area (Å²) in [4.78, 5) is 6.53. The van der Waals surface area contributed by atoms with E-state index in [9.17, 15) is 0 Å². The molecule has 1 radical (unpaired) electrons. The summed E-state index contributed by atoms with van der Waals surface area (Å²) in [7, 11) is 2.34. The Balaban J connectivity index is 1.17. The first-order valence-electron chi connectivity index (χ1n) is 23.0. The molecule has 1 aliphatic heterocycles. The molecule has 0 atom stereocenters. The van der Waals surface area contributed by atoms with Crippen LogP contribution in [0.4, 0.5) is 17.1 Å². The molecule has 0 saturated heterocycles. The van der Waals surface area contributed by atoms with E-state index in [1.807, 2.05) is 0 Å². The monoisotopic (exact) mass is 819 g/mol. The molecular formula is C58H52BN2O2. The van der Waals surface area contributed by atoms with Crippen LogP contribution in [0.15, 0.2) is 124 Å². The average Bonchev–Trinajstić information content (AvgIpc) is 3.96. The Morgan fingerprint density at radius 3 is 1.90 bits per heavy atom. The van der Waals surface area contributed by atoms with Crippen molar-refractivity contribution in [1.29, 1.82) is 0 Å². The molecule has 4 nitrogen and oxygen atoms in total. The summed E-state index contributed by atoms with van der Waals surface area (Å²) in [6.45, 7) is 19.4. The van der Waals surface area contributed by atoms with E-state index < -0.39 is 0 Å². The molecule has 4 heterocycles. The highest BCUT2D eigenvalue weighted by Gasteiger charge is 2.42. The van der Waals surface area contributed by atoms with Crippen LogP contribution in [0.3, 0.4) is 0 Å². The molecule has 1 N–H and O–H groups in total. The molecule has 10 aromatic rings. The minimum Gasteiger partial charge on any atom is -0.469 e. The van der Waals surface area contributed by atoms with E-state index in [2.05, 4.69) is 188 Å². The summed E-state index contributed by atoms with van der Waals surface area (Å²) in [6.07, 6.45) is 4.60. The molecule has 0 unspecified atom stereocenters. The zero-order valence-electron chi connectivity index (χ0n) is 37.6. The molecule has 3 aliphatic rings. The fourth-order valence-electron chi connectivity index (χ4n) is 12.1. The average molecular weight is 820 g/mol. The number of aromatic nitrogens is 1. The van der Waals surface area contributed by atoms with Crippen LogP contribution in [0.1, 0.15) is 103 Å². The van der Waals surface area contributed by atoms with Gasteiger partial charge in [-0.05, 0) is 122 Å². The van der Waals surface area contributed by atoms with Gasteiger partial charge in [-0.2, -0.15) is 0 Å². The van der Waals surface area contributed by atoms with Crippen LogP contribution < -0.4 is 16.0 Å². The standard InChI is InChI=1S/C58H52BN2O2/c1-55(2)24-25-56(3,4)42-28-33(21-23-41(42)55)61-52-40-29-43-44(58(7,8)27-26-57(43,5)6)31-46(40)63-54(52)59-49-39(30-47-48(53(49)61)38-16-11-12-19-45(38)62-47)36-18-13-17-35-37-22-20-32-14-9-10-15-34(32)50(37)60-51(35)36/h9-23,28-31,60H,24-27H2,1-8H3. The first-order chi connectivity index (χ1) is 30.2. The highest BCUT2D eigenvalue weighted by molar-refractivity contribution is 6.73. The molecule has 309 valence electrons. The van der Waals surface area contributed by atoms with E-state index in [4.69, 9.17) is 8.83 Å². The number of H-pyrrole nitrogens is 1. The smallest absolute Gasteiger partial charge is 0.247 e. The fraction of sp³-hybridized carbons (Fsp3) is 0.276. The quantitative estimate of drug-likeness (QED) is 0.177. The van der Waals surface area contributed by atoms with Gasteiger partial charge in [-0.15, -0.1) is 0 Å². The maximum Gasteiger partial charge on any atom is 0.247 e. The molecule has 13 rings (SSSR count). The molecule has 2 aliphatic carbocycles. The molecule has 7 aromatic carbocycles. The van der Waals surface area contributed by atoms with E-state index in [0.717, 1.165) is 103 Å². The van der Waals surface area contributed by atoms with Crippen LogP contribution in [0.2, 0.25) is 0 Å². The maximum absolute atomic E-state index is 7.24. The maximum atomic E-state index is 7.24. The first-order valence-corrected chi connectivity index (χ1v) is 23.0. The second kappa shape index (κ2) is 12.3.